The lowest BCUT2D eigenvalue weighted by Crippen LogP contribution is -2.30. The predicted octanol–water partition coefficient (Wildman–Crippen LogP) is 9.84. The van der Waals surface area contributed by atoms with Crippen LogP contribution in [0.5, 0.6) is 0 Å². The first-order valence-corrected chi connectivity index (χ1v) is 14.0. The van der Waals surface area contributed by atoms with Crippen LogP contribution in [0.4, 0.5) is 39.8 Å². The number of pyridine rings is 1. The first kappa shape index (κ1) is 22.5. The summed E-state index contributed by atoms with van der Waals surface area (Å²) in [7, 11) is 4.38. The number of fused-ring (bicyclic) bond motifs is 7. The normalized spacial score (nSPS) is 13.5. The zero-order chi connectivity index (χ0) is 27.2. The maximum absolute atomic E-state index is 5.08. The number of rotatable bonds is 1. The van der Waals surface area contributed by atoms with E-state index in [0.29, 0.717) is 0 Å². The fourth-order valence-corrected chi connectivity index (χ4v) is 6.68. The predicted molar refractivity (Wildman–Crippen MR) is 173 cm³/mol. The number of nitrogens with zero attached hydrogens (tertiary/aromatic N) is 4. The first-order chi connectivity index (χ1) is 20.1. The molecule has 4 nitrogen and oxygen atoms in total. The molecule has 0 fully saturated rings. The quantitative estimate of drug-likeness (QED) is 0.212. The summed E-state index contributed by atoms with van der Waals surface area (Å²) in [6.07, 6.45) is 0. The Bertz CT molecular complexity index is 2100. The lowest BCUT2D eigenvalue weighted by molar-refractivity contribution is 1.08. The van der Waals surface area contributed by atoms with Gasteiger partial charge in [-0.2, -0.15) is 0 Å². The van der Waals surface area contributed by atoms with E-state index in [1.807, 2.05) is 0 Å². The summed E-state index contributed by atoms with van der Waals surface area (Å²) < 4.78 is 0. The van der Waals surface area contributed by atoms with E-state index in [0.717, 1.165) is 22.2 Å². The number of hydrogen-bond donors (Lipinski definition) is 0. The highest BCUT2D eigenvalue weighted by atomic mass is 15.3. The third kappa shape index (κ3) is 3.13. The van der Waals surface area contributed by atoms with Gasteiger partial charge in [0.15, 0.2) is 0 Å². The van der Waals surface area contributed by atoms with Crippen molar-refractivity contribution in [3.63, 3.8) is 0 Å². The molecule has 2 aliphatic rings. The van der Waals surface area contributed by atoms with E-state index in [4.69, 9.17) is 4.98 Å². The van der Waals surface area contributed by atoms with Crippen molar-refractivity contribution in [2.75, 3.05) is 28.8 Å². The van der Waals surface area contributed by atoms with Crippen LogP contribution in [-0.2, 0) is 0 Å². The van der Waals surface area contributed by atoms with Gasteiger partial charge in [0.25, 0.3) is 0 Å². The molecule has 0 unspecified atom stereocenters. The molecule has 0 radical (unpaired) electrons. The summed E-state index contributed by atoms with van der Waals surface area (Å²) in [5, 5.41) is 6.10. The van der Waals surface area contributed by atoms with E-state index in [-0.39, 0.29) is 0 Å². The van der Waals surface area contributed by atoms with Gasteiger partial charge in [0.2, 0.25) is 0 Å². The summed E-state index contributed by atoms with van der Waals surface area (Å²) in [4.78, 5) is 12.3. The maximum Gasteiger partial charge on any atom is 0.0940 e. The van der Waals surface area contributed by atoms with E-state index in [2.05, 4.69) is 150 Å². The van der Waals surface area contributed by atoms with Gasteiger partial charge in [-0.1, -0.05) is 72.8 Å². The van der Waals surface area contributed by atoms with E-state index in [1.165, 1.54) is 61.4 Å². The second-order valence-corrected chi connectivity index (χ2v) is 11.1. The van der Waals surface area contributed by atoms with Crippen molar-refractivity contribution in [2.24, 2.45) is 0 Å². The van der Waals surface area contributed by atoms with Crippen molar-refractivity contribution >= 4 is 72.3 Å². The molecule has 0 saturated carbocycles. The Morgan fingerprint density at radius 3 is 1.44 bits per heavy atom. The van der Waals surface area contributed by atoms with Gasteiger partial charge < -0.3 is 14.7 Å². The molecule has 0 aliphatic carbocycles. The van der Waals surface area contributed by atoms with Crippen molar-refractivity contribution in [3.8, 4) is 11.3 Å². The Morgan fingerprint density at radius 2 is 0.902 bits per heavy atom. The van der Waals surface area contributed by atoms with Crippen LogP contribution in [0.1, 0.15) is 0 Å². The molecule has 0 atom stereocenters. The maximum atomic E-state index is 5.08. The molecule has 1 aromatic heterocycles. The molecule has 6 aromatic carbocycles. The highest BCUT2D eigenvalue weighted by Crippen LogP contribution is 2.61. The van der Waals surface area contributed by atoms with Crippen molar-refractivity contribution in [3.05, 3.63) is 121 Å². The number of hydrogen-bond acceptors (Lipinski definition) is 4. The Balaban J connectivity index is 1.36. The fourth-order valence-electron chi connectivity index (χ4n) is 6.68. The third-order valence-corrected chi connectivity index (χ3v) is 8.80. The average Bonchev–Trinajstić information content (AvgIpc) is 3.02. The Labute approximate surface area is 238 Å². The molecule has 41 heavy (non-hydrogen) atoms. The molecule has 7 aromatic rings. The minimum absolute atomic E-state index is 0.977. The lowest BCUT2D eigenvalue weighted by Gasteiger charge is -2.46. The second kappa shape index (κ2) is 8.09. The third-order valence-electron chi connectivity index (χ3n) is 8.80. The van der Waals surface area contributed by atoms with Gasteiger partial charge in [0.05, 0.1) is 51.0 Å². The van der Waals surface area contributed by atoms with Crippen LogP contribution < -0.4 is 14.7 Å². The van der Waals surface area contributed by atoms with E-state index >= 15 is 0 Å². The molecule has 9 rings (SSSR count). The molecular formula is C37H26N4. The zero-order valence-electron chi connectivity index (χ0n) is 22.8. The second-order valence-electron chi connectivity index (χ2n) is 11.1. The number of para-hydroxylation sites is 1. The van der Waals surface area contributed by atoms with Gasteiger partial charge in [0.1, 0.15) is 0 Å². The van der Waals surface area contributed by atoms with Crippen molar-refractivity contribution in [1.29, 1.82) is 0 Å². The highest BCUT2D eigenvalue weighted by Gasteiger charge is 2.37. The van der Waals surface area contributed by atoms with Gasteiger partial charge >= 0.3 is 0 Å². The van der Waals surface area contributed by atoms with Crippen LogP contribution >= 0.6 is 0 Å². The molecule has 2 aliphatic heterocycles. The number of anilines is 7. The van der Waals surface area contributed by atoms with Gasteiger partial charge in [-0.05, 0) is 70.1 Å². The van der Waals surface area contributed by atoms with Crippen molar-refractivity contribution < 1.29 is 0 Å². The van der Waals surface area contributed by atoms with Crippen molar-refractivity contribution in [2.45, 2.75) is 0 Å². The molecule has 194 valence electrons. The minimum Gasteiger partial charge on any atom is -0.341 e. The first-order valence-electron chi connectivity index (χ1n) is 14.0. The highest BCUT2D eigenvalue weighted by molar-refractivity contribution is 6.13. The number of benzene rings is 6. The zero-order valence-corrected chi connectivity index (χ0v) is 22.8. The lowest BCUT2D eigenvalue weighted by atomic mass is 9.95. The summed E-state index contributed by atoms with van der Waals surface area (Å²) in [6, 6.07) is 43.9. The Morgan fingerprint density at radius 1 is 0.439 bits per heavy atom. The standard InChI is InChI=1S/C37H26N4/c1-39-31-17-24-10-3-5-12-26(24)19-33(31)41-34-20-27-13-6-4-11-25(27)18-32(34)40(2)36-22-28(21-35(39)37(36)41)30-16-15-23-9-7-8-14-29(23)38-30/h3-22H,1-2H3. The van der Waals surface area contributed by atoms with E-state index in [9.17, 15) is 0 Å². The van der Waals surface area contributed by atoms with Crippen LogP contribution in [-0.4, -0.2) is 19.1 Å². The molecular weight excluding hydrogens is 500 g/mol. The summed E-state index contributed by atoms with van der Waals surface area (Å²) >= 11 is 0. The molecule has 0 saturated heterocycles. The largest absolute Gasteiger partial charge is 0.341 e. The summed E-state index contributed by atoms with van der Waals surface area (Å²) in [5.41, 5.74) is 11.4. The van der Waals surface area contributed by atoms with E-state index in [1.54, 1.807) is 0 Å². The van der Waals surface area contributed by atoms with Crippen LogP contribution in [0.2, 0.25) is 0 Å². The Kier molecular flexibility index (Phi) is 4.43. The summed E-state index contributed by atoms with van der Waals surface area (Å²) in [6.45, 7) is 0. The van der Waals surface area contributed by atoms with Crippen LogP contribution in [0, 0.1) is 0 Å². The smallest absolute Gasteiger partial charge is 0.0940 e. The SMILES string of the molecule is CN1c2cc3ccccc3cc2N2c3cc4ccccc4cc3N(C)c3cc(-c4ccc5ccccc5n4)cc1c32. The number of aromatic nitrogens is 1. The van der Waals surface area contributed by atoms with Gasteiger partial charge in [0, 0.05) is 25.0 Å². The molecule has 4 heteroatoms. The van der Waals surface area contributed by atoms with Crippen molar-refractivity contribution in [1.82, 2.24) is 4.98 Å². The Hall–Kier alpha value is -5.35. The molecule has 0 amide bonds. The van der Waals surface area contributed by atoms with Gasteiger partial charge in [-0.3, -0.25) is 0 Å². The van der Waals surface area contributed by atoms with Crippen LogP contribution in [0.3, 0.4) is 0 Å². The topological polar surface area (TPSA) is 22.6 Å². The van der Waals surface area contributed by atoms with Gasteiger partial charge in [-0.25, -0.2) is 4.98 Å². The van der Waals surface area contributed by atoms with E-state index < -0.39 is 0 Å². The molecule has 0 spiro atoms. The molecule has 0 bridgehead atoms. The van der Waals surface area contributed by atoms with Gasteiger partial charge in [-0.15, -0.1) is 0 Å². The molecule has 3 heterocycles. The monoisotopic (exact) mass is 526 g/mol. The minimum atomic E-state index is 0.977. The van der Waals surface area contributed by atoms with Crippen LogP contribution in [0.25, 0.3) is 43.7 Å². The van der Waals surface area contributed by atoms with Crippen LogP contribution in [0.15, 0.2) is 121 Å². The summed E-state index contributed by atoms with van der Waals surface area (Å²) in [5.74, 6) is 0. The molecule has 0 N–H and O–H groups in total. The average molecular weight is 527 g/mol. The fraction of sp³-hybridized carbons (Fsp3) is 0.0541.